The molecule has 1 aliphatic heterocycles. The molecule has 1 aliphatic rings. The van der Waals surface area contributed by atoms with Gasteiger partial charge in [-0.3, -0.25) is 0 Å². The van der Waals surface area contributed by atoms with E-state index in [0.717, 1.165) is 11.1 Å². The van der Waals surface area contributed by atoms with Crippen LogP contribution in [-0.4, -0.2) is 28.4 Å². The summed E-state index contributed by atoms with van der Waals surface area (Å²) in [5.41, 5.74) is 2.29. The Kier molecular flexibility index (Phi) is 5.28. The standard InChI is InChI=1S/C20H22O4/c21-17-12-6-10-14-7-4-5-11-16(14)20(23)24-19(13-18(17)22)15-8-2-1-3-9-15/h1-5,7-9,11,17-19,21-22H,6,10,12-13H2/t17-,18-,19-/m1/s1. The second-order valence-corrected chi connectivity index (χ2v) is 6.22. The van der Waals surface area contributed by atoms with Crippen LogP contribution in [0.1, 0.15) is 46.9 Å². The second-order valence-electron chi connectivity index (χ2n) is 6.22. The van der Waals surface area contributed by atoms with E-state index in [1.807, 2.05) is 48.5 Å². The average Bonchev–Trinajstić information content (AvgIpc) is 2.63. The summed E-state index contributed by atoms with van der Waals surface area (Å²) in [7, 11) is 0. The Labute approximate surface area is 141 Å². The number of hydrogen-bond donors (Lipinski definition) is 2. The van der Waals surface area contributed by atoms with Gasteiger partial charge in [0.2, 0.25) is 0 Å². The molecule has 0 amide bonds. The van der Waals surface area contributed by atoms with Crippen LogP contribution in [-0.2, 0) is 11.2 Å². The average molecular weight is 326 g/mol. The van der Waals surface area contributed by atoms with E-state index in [1.54, 1.807) is 6.07 Å². The van der Waals surface area contributed by atoms with Crippen molar-refractivity contribution in [2.75, 3.05) is 0 Å². The number of esters is 1. The van der Waals surface area contributed by atoms with Gasteiger partial charge in [-0.2, -0.15) is 0 Å². The molecule has 0 bridgehead atoms. The van der Waals surface area contributed by atoms with Gasteiger partial charge in [0.05, 0.1) is 17.8 Å². The number of aliphatic hydroxyl groups is 2. The molecule has 3 rings (SSSR count). The largest absolute Gasteiger partial charge is 0.454 e. The fraction of sp³-hybridized carbons (Fsp3) is 0.350. The summed E-state index contributed by atoms with van der Waals surface area (Å²) < 4.78 is 5.70. The molecule has 24 heavy (non-hydrogen) atoms. The van der Waals surface area contributed by atoms with Crippen molar-refractivity contribution >= 4 is 5.97 Å². The first-order valence-corrected chi connectivity index (χ1v) is 8.35. The lowest BCUT2D eigenvalue weighted by Gasteiger charge is -2.23. The molecule has 2 aromatic rings. The third kappa shape index (κ3) is 3.83. The van der Waals surface area contributed by atoms with E-state index in [9.17, 15) is 15.0 Å². The van der Waals surface area contributed by atoms with Crippen LogP contribution in [0.3, 0.4) is 0 Å². The van der Waals surface area contributed by atoms with Crippen LogP contribution in [0.4, 0.5) is 0 Å². The van der Waals surface area contributed by atoms with Crippen LogP contribution in [0.25, 0.3) is 0 Å². The lowest BCUT2D eigenvalue weighted by molar-refractivity contribution is -0.0271. The summed E-state index contributed by atoms with van der Waals surface area (Å²) in [5.74, 6) is -0.386. The Morgan fingerprint density at radius 2 is 1.62 bits per heavy atom. The van der Waals surface area contributed by atoms with E-state index in [1.165, 1.54) is 0 Å². The van der Waals surface area contributed by atoms with Gasteiger partial charge in [-0.05, 0) is 36.5 Å². The third-order valence-electron chi connectivity index (χ3n) is 4.50. The maximum Gasteiger partial charge on any atom is 0.339 e. The first-order valence-electron chi connectivity index (χ1n) is 8.35. The summed E-state index contributed by atoms with van der Waals surface area (Å²) in [6.07, 6.45) is -0.285. The molecule has 4 heteroatoms. The van der Waals surface area contributed by atoms with E-state index in [0.29, 0.717) is 24.8 Å². The number of ether oxygens (including phenoxy) is 1. The number of carbonyl (C=O) groups excluding carboxylic acids is 1. The SMILES string of the molecule is O=C1O[C@@H](c2ccccc2)C[C@@H](O)[C@H](O)CCCc2ccccc21. The number of aryl methyl sites for hydroxylation is 1. The molecule has 0 saturated heterocycles. The van der Waals surface area contributed by atoms with E-state index < -0.39 is 18.3 Å². The summed E-state index contributed by atoms with van der Waals surface area (Å²) >= 11 is 0. The lowest BCUT2D eigenvalue weighted by Crippen LogP contribution is -2.28. The number of rotatable bonds is 1. The lowest BCUT2D eigenvalue weighted by atomic mass is 9.97. The molecule has 4 nitrogen and oxygen atoms in total. The molecule has 0 radical (unpaired) electrons. The molecule has 3 atom stereocenters. The third-order valence-corrected chi connectivity index (χ3v) is 4.50. The Morgan fingerprint density at radius 3 is 2.42 bits per heavy atom. The number of fused-ring (bicyclic) bond motifs is 1. The van der Waals surface area contributed by atoms with Gasteiger partial charge in [-0.1, -0.05) is 48.5 Å². The maximum atomic E-state index is 12.6. The quantitative estimate of drug-likeness (QED) is 0.791. The predicted molar refractivity (Wildman–Crippen MR) is 90.6 cm³/mol. The smallest absolute Gasteiger partial charge is 0.339 e. The first-order chi connectivity index (χ1) is 11.6. The monoisotopic (exact) mass is 326 g/mol. The minimum atomic E-state index is -0.927. The first kappa shape index (κ1) is 16.7. The van der Waals surface area contributed by atoms with Gasteiger partial charge in [0.1, 0.15) is 6.10 Å². The van der Waals surface area contributed by atoms with Crippen molar-refractivity contribution in [3.8, 4) is 0 Å². The van der Waals surface area contributed by atoms with Gasteiger partial charge >= 0.3 is 5.97 Å². The van der Waals surface area contributed by atoms with Crippen molar-refractivity contribution in [1.29, 1.82) is 0 Å². The van der Waals surface area contributed by atoms with Crippen molar-refractivity contribution in [1.82, 2.24) is 0 Å². The molecule has 0 aliphatic carbocycles. The number of aliphatic hydroxyl groups excluding tert-OH is 2. The summed E-state index contributed by atoms with van der Waals surface area (Å²) in [6.45, 7) is 0. The molecule has 126 valence electrons. The zero-order valence-corrected chi connectivity index (χ0v) is 13.5. The van der Waals surface area contributed by atoms with Crippen molar-refractivity contribution in [2.45, 2.75) is 44.0 Å². The Balaban J connectivity index is 1.94. The van der Waals surface area contributed by atoms with Crippen molar-refractivity contribution < 1.29 is 19.7 Å². The zero-order chi connectivity index (χ0) is 16.9. The highest BCUT2D eigenvalue weighted by molar-refractivity contribution is 5.91. The highest BCUT2D eigenvalue weighted by Gasteiger charge is 2.27. The minimum Gasteiger partial charge on any atom is -0.454 e. The molecule has 1 heterocycles. The van der Waals surface area contributed by atoms with Crippen LogP contribution in [0, 0.1) is 0 Å². The van der Waals surface area contributed by atoms with Gasteiger partial charge in [0, 0.05) is 6.42 Å². The predicted octanol–water partition coefficient (Wildman–Crippen LogP) is 3.03. The molecule has 2 aromatic carbocycles. The molecule has 0 unspecified atom stereocenters. The fourth-order valence-corrected chi connectivity index (χ4v) is 3.12. The van der Waals surface area contributed by atoms with Crippen molar-refractivity contribution in [2.24, 2.45) is 0 Å². The summed E-state index contributed by atoms with van der Waals surface area (Å²) in [5, 5.41) is 20.5. The molecule has 2 N–H and O–H groups in total. The number of hydrogen-bond acceptors (Lipinski definition) is 4. The van der Waals surface area contributed by atoms with E-state index in [4.69, 9.17) is 4.74 Å². The Hall–Kier alpha value is -2.17. The second kappa shape index (κ2) is 7.60. The van der Waals surface area contributed by atoms with Crippen molar-refractivity contribution in [3.05, 3.63) is 71.3 Å². The van der Waals surface area contributed by atoms with Gasteiger partial charge in [-0.15, -0.1) is 0 Å². The minimum absolute atomic E-state index is 0.180. The van der Waals surface area contributed by atoms with Crippen LogP contribution in [0.2, 0.25) is 0 Å². The number of cyclic esters (lactones) is 1. The van der Waals surface area contributed by atoms with Crippen LogP contribution < -0.4 is 0 Å². The molecule has 0 fully saturated rings. The summed E-state index contributed by atoms with van der Waals surface area (Å²) in [6, 6.07) is 16.7. The topological polar surface area (TPSA) is 66.8 Å². The Morgan fingerprint density at radius 1 is 0.917 bits per heavy atom. The van der Waals surface area contributed by atoms with Gasteiger partial charge in [0.15, 0.2) is 0 Å². The highest BCUT2D eigenvalue weighted by Crippen LogP contribution is 2.28. The van der Waals surface area contributed by atoms with E-state index in [2.05, 4.69) is 0 Å². The normalized spacial score (nSPS) is 25.2. The van der Waals surface area contributed by atoms with E-state index >= 15 is 0 Å². The van der Waals surface area contributed by atoms with Crippen LogP contribution in [0.5, 0.6) is 0 Å². The van der Waals surface area contributed by atoms with E-state index in [-0.39, 0.29) is 12.4 Å². The molecule has 0 spiro atoms. The highest BCUT2D eigenvalue weighted by atomic mass is 16.5. The van der Waals surface area contributed by atoms with Gasteiger partial charge in [0.25, 0.3) is 0 Å². The molecular weight excluding hydrogens is 304 g/mol. The maximum absolute atomic E-state index is 12.6. The Bertz CT molecular complexity index is 683. The van der Waals surface area contributed by atoms with Crippen molar-refractivity contribution in [3.63, 3.8) is 0 Å². The van der Waals surface area contributed by atoms with Gasteiger partial charge in [-0.25, -0.2) is 4.79 Å². The molecule has 0 saturated carbocycles. The molecular formula is C20H22O4. The fourth-order valence-electron chi connectivity index (χ4n) is 3.12. The number of carbonyl (C=O) groups is 1. The van der Waals surface area contributed by atoms with Crippen LogP contribution >= 0.6 is 0 Å². The van der Waals surface area contributed by atoms with Crippen LogP contribution in [0.15, 0.2) is 54.6 Å². The van der Waals surface area contributed by atoms with Gasteiger partial charge < -0.3 is 14.9 Å². The summed E-state index contributed by atoms with van der Waals surface area (Å²) in [4.78, 5) is 12.6. The number of benzene rings is 2. The molecule has 0 aromatic heterocycles. The zero-order valence-electron chi connectivity index (χ0n) is 13.5.